The molecule has 0 fully saturated rings. The molecule has 1 heterocycles. The molecule has 1 aliphatic heterocycles. The first-order valence-electron chi connectivity index (χ1n) is 6.80. The Morgan fingerprint density at radius 2 is 2.10 bits per heavy atom. The third-order valence-corrected chi connectivity index (χ3v) is 3.43. The van der Waals surface area contributed by atoms with Crippen LogP contribution in [0.5, 0.6) is 11.5 Å². The van der Waals surface area contributed by atoms with Crippen LogP contribution in [0.4, 0.5) is 0 Å². The molecule has 0 aromatic heterocycles. The molecule has 108 valence electrons. The molecular weight excluding hydrogens is 268 g/mol. The molecule has 1 atom stereocenters. The Bertz CT molecular complexity index is 626. The summed E-state index contributed by atoms with van der Waals surface area (Å²) in [5.74, 6) is 1.17. The van der Waals surface area contributed by atoms with Gasteiger partial charge in [0, 0.05) is 6.42 Å². The van der Waals surface area contributed by atoms with Gasteiger partial charge in [0.1, 0.15) is 18.1 Å². The number of benzene rings is 2. The van der Waals surface area contributed by atoms with Crippen LogP contribution in [0, 0.1) is 0 Å². The van der Waals surface area contributed by atoms with E-state index in [2.05, 4.69) is 0 Å². The van der Waals surface area contributed by atoms with Gasteiger partial charge in [-0.05, 0) is 29.3 Å². The molecule has 0 saturated heterocycles. The van der Waals surface area contributed by atoms with Crippen molar-refractivity contribution in [1.82, 2.24) is 0 Å². The summed E-state index contributed by atoms with van der Waals surface area (Å²) in [5.41, 5.74) is 1.93. The van der Waals surface area contributed by atoms with Crippen LogP contribution in [0.25, 0.3) is 0 Å². The van der Waals surface area contributed by atoms with Crippen molar-refractivity contribution in [2.75, 3.05) is 7.11 Å². The van der Waals surface area contributed by atoms with Gasteiger partial charge in [-0.2, -0.15) is 0 Å². The maximum absolute atomic E-state index is 12.1. The molecule has 4 nitrogen and oxygen atoms in total. The predicted molar refractivity (Wildman–Crippen MR) is 77.4 cm³/mol. The second-order valence-corrected chi connectivity index (χ2v) is 4.88. The second-order valence-electron chi connectivity index (χ2n) is 4.88. The number of carbonyl (C=O) groups is 1. The summed E-state index contributed by atoms with van der Waals surface area (Å²) in [7, 11) is 1.61. The van der Waals surface area contributed by atoms with Crippen LogP contribution in [-0.2, 0) is 22.6 Å². The predicted octanol–water partition coefficient (Wildman–Crippen LogP) is 2.74. The van der Waals surface area contributed by atoms with E-state index in [9.17, 15) is 4.79 Å². The maximum Gasteiger partial charge on any atom is 0.348 e. The summed E-state index contributed by atoms with van der Waals surface area (Å²) in [5, 5.41) is 0. The van der Waals surface area contributed by atoms with E-state index in [4.69, 9.17) is 14.2 Å². The Kier molecular flexibility index (Phi) is 3.77. The number of hydrogen-bond acceptors (Lipinski definition) is 4. The zero-order valence-electron chi connectivity index (χ0n) is 11.7. The van der Waals surface area contributed by atoms with Gasteiger partial charge in [-0.25, -0.2) is 4.79 Å². The minimum absolute atomic E-state index is 0.215. The topological polar surface area (TPSA) is 44.8 Å². The van der Waals surface area contributed by atoms with Gasteiger partial charge in [0.05, 0.1) is 7.11 Å². The molecule has 0 N–H and O–H groups in total. The molecule has 0 spiro atoms. The minimum Gasteiger partial charge on any atom is -0.497 e. The smallest absolute Gasteiger partial charge is 0.348 e. The lowest BCUT2D eigenvalue weighted by molar-refractivity contribution is -0.152. The van der Waals surface area contributed by atoms with E-state index in [1.165, 1.54) is 0 Å². The fraction of sp³-hybridized carbons (Fsp3) is 0.235. The molecule has 0 radical (unpaired) electrons. The molecule has 0 unspecified atom stereocenters. The van der Waals surface area contributed by atoms with Gasteiger partial charge in [-0.1, -0.05) is 30.3 Å². The van der Waals surface area contributed by atoms with Gasteiger partial charge in [0.25, 0.3) is 0 Å². The van der Waals surface area contributed by atoms with Crippen LogP contribution in [-0.4, -0.2) is 19.2 Å². The van der Waals surface area contributed by atoms with Crippen molar-refractivity contribution < 1.29 is 19.0 Å². The zero-order chi connectivity index (χ0) is 14.7. The summed E-state index contributed by atoms with van der Waals surface area (Å²) < 4.78 is 16.1. The Morgan fingerprint density at radius 1 is 1.24 bits per heavy atom. The number of methoxy groups -OCH3 is 1. The number of rotatable bonds is 4. The lowest BCUT2D eigenvalue weighted by Gasteiger charge is -2.11. The molecule has 0 saturated carbocycles. The van der Waals surface area contributed by atoms with Gasteiger partial charge < -0.3 is 14.2 Å². The lowest BCUT2D eigenvalue weighted by Crippen LogP contribution is -2.27. The van der Waals surface area contributed by atoms with Crippen LogP contribution in [0.15, 0.2) is 48.5 Å². The largest absolute Gasteiger partial charge is 0.497 e. The standard InChI is InChI=1S/C17H16O4/c1-19-14-7-4-5-12(9-14)11-20-17(18)16-10-13-6-2-3-8-15(13)21-16/h2-9,16H,10-11H2,1H3/t16-/m1/s1. The molecule has 1 aliphatic rings. The highest BCUT2D eigenvalue weighted by Gasteiger charge is 2.30. The van der Waals surface area contributed by atoms with Crippen molar-refractivity contribution in [3.63, 3.8) is 0 Å². The van der Waals surface area contributed by atoms with E-state index in [0.29, 0.717) is 6.42 Å². The highest BCUT2D eigenvalue weighted by Crippen LogP contribution is 2.28. The molecule has 21 heavy (non-hydrogen) atoms. The van der Waals surface area contributed by atoms with Gasteiger partial charge in [0.2, 0.25) is 0 Å². The van der Waals surface area contributed by atoms with Gasteiger partial charge >= 0.3 is 5.97 Å². The Balaban J connectivity index is 1.58. The lowest BCUT2D eigenvalue weighted by atomic mass is 10.1. The van der Waals surface area contributed by atoms with Crippen LogP contribution in [0.1, 0.15) is 11.1 Å². The first-order chi connectivity index (χ1) is 10.3. The third-order valence-electron chi connectivity index (χ3n) is 3.43. The van der Waals surface area contributed by atoms with E-state index in [1.807, 2.05) is 48.5 Å². The van der Waals surface area contributed by atoms with Crippen LogP contribution < -0.4 is 9.47 Å². The van der Waals surface area contributed by atoms with Gasteiger partial charge in [0.15, 0.2) is 6.10 Å². The quantitative estimate of drug-likeness (QED) is 0.810. The molecule has 0 bridgehead atoms. The van der Waals surface area contributed by atoms with Crippen molar-refractivity contribution in [3.8, 4) is 11.5 Å². The van der Waals surface area contributed by atoms with Crippen molar-refractivity contribution in [2.24, 2.45) is 0 Å². The highest BCUT2D eigenvalue weighted by molar-refractivity contribution is 5.76. The molecule has 2 aromatic carbocycles. The van der Waals surface area contributed by atoms with Crippen LogP contribution in [0.3, 0.4) is 0 Å². The highest BCUT2D eigenvalue weighted by atomic mass is 16.6. The Morgan fingerprint density at radius 3 is 2.90 bits per heavy atom. The number of ether oxygens (including phenoxy) is 3. The summed E-state index contributed by atoms with van der Waals surface area (Å²) in [6, 6.07) is 15.1. The second kappa shape index (κ2) is 5.87. The van der Waals surface area contributed by atoms with Crippen molar-refractivity contribution in [3.05, 3.63) is 59.7 Å². The summed E-state index contributed by atoms with van der Waals surface area (Å²) in [6.45, 7) is 0.215. The normalized spacial score (nSPS) is 16.0. The Hall–Kier alpha value is -2.49. The molecular formula is C17H16O4. The van der Waals surface area contributed by atoms with E-state index >= 15 is 0 Å². The van der Waals surface area contributed by atoms with Crippen molar-refractivity contribution in [1.29, 1.82) is 0 Å². The van der Waals surface area contributed by atoms with Crippen molar-refractivity contribution in [2.45, 2.75) is 19.1 Å². The van der Waals surface area contributed by atoms with Gasteiger partial charge in [-0.3, -0.25) is 0 Å². The SMILES string of the molecule is COc1cccc(COC(=O)[C@H]2Cc3ccccc3O2)c1. The minimum atomic E-state index is -0.548. The molecule has 3 rings (SSSR count). The fourth-order valence-corrected chi connectivity index (χ4v) is 2.32. The summed E-state index contributed by atoms with van der Waals surface area (Å²) in [4.78, 5) is 12.1. The third kappa shape index (κ3) is 2.99. The zero-order valence-corrected chi connectivity index (χ0v) is 11.7. The molecule has 0 aliphatic carbocycles. The average Bonchev–Trinajstić information content (AvgIpc) is 2.97. The van der Waals surface area contributed by atoms with Crippen LogP contribution >= 0.6 is 0 Å². The number of para-hydroxylation sites is 1. The maximum atomic E-state index is 12.1. The van der Waals surface area contributed by atoms with Crippen molar-refractivity contribution >= 4 is 5.97 Å². The van der Waals surface area contributed by atoms with E-state index in [-0.39, 0.29) is 12.6 Å². The number of fused-ring (bicyclic) bond motifs is 1. The first kappa shape index (κ1) is 13.5. The molecule has 4 heteroatoms. The van der Waals surface area contributed by atoms with E-state index < -0.39 is 6.10 Å². The summed E-state index contributed by atoms with van der Waals surface area (Å²) in [6.07, 6.45) is 0.0145. The number of esters is 1. The summed E-state index contributed by atoms with van der Waals surface area (Å²) >= 11 is 0. The van der Waals surface area contributed by atoms with E-state index in [0.717, 1.165) is 22.6 Å². The van der Waals surface area contributed by atoms with Crippen LogP contribution in [0.2, 0.25) is 0 Å². The monoisotopic (exact) mass is 284 g/mol. The van der Waals surface area contributed by atoms with Gasteiger partial charge in [-0.15, -0.1) is 0 Å². The molecule has 0 amide bonds. The first-order valence-corrected chi connectivity index (χ1v) is 6.80. The fourth-order valence-electron chi connectivity index (χ4n) is 2.32. The van der Waals surface area contributed by atoms with E-state index in [1.54, 1.807) is 7.11 Å². The molecule has 2 aromatic rings. The number of carbonyl (C=O) groups excluding carboxylic acids is 1. The average molecular weight is 284 g/mol. The Labute approximate surface area is 123 Å². The number of hydrogen-bond donors (Lipinski definition) is 0.